The maximum Gasteiger partial charge on any atom is 0.485 e. The van der Waals surface area contributed by atoms with E-state index in [1.54, 1.807) is 6.92 Å². The van der Waals surface area contributed by atoms with Gasteiger partial charge in [-0.05, 0) is 30.4 Å². The molecule has 0 saturated heterocycles. The lowest BCUT2D eigenvalue weighted by Crippen LogP contribution is -2.41. The lowest BCUT2D eigenvalue weighted by atomic mass is 9.91. The number of alkyl halides is 3. The van der Waals surface area contributed by atoms with Crippen molar-refractivity contribution >= 4 is 5.69 Å². The van der Waals surface area contributed by atoms with Crippen molar-refractivity contribution < 1.29 is 22.0 Å². The average Bonchev–Trinajstić information content (AvgIpc) is 2.48. The van der Waals surface area contributed by atoms with Crippen LogP contribution in [0.3, 0.4) is 0 Å². The van der Waals surface area contributed by atoms with E-state index < -0.39 is 23.6 Å². The summed E-state index contributed by atoms with van der Waals surface area (Å²) in [4.78, 5) is 0.0766. The zero-order valence-corrected chi connectivity index (χ0v) is 14.5. The largest absolute Gasteiger partial charge is 0.485 e. The minimum Gasteiger partial charge on any atom is -0.281 e. The number of benzene rings is 1. The molecule has 0 fully saturated rings. The first kappa shape index (κ1) is 20.7. The summed E-state index contributed by atoms with van der Waals surface area (Å²) in [5.41, 5.74) is -0.628. The molecule has 0 aliphatic rings. The maximum atomic E-state index is 13.8. The molecule has 0 saturated carbocycles. The molecule has 0 amide bonds. The molecular formula is C18H26F5N. The summed E-state index contributed by atoms with van der Waals surface area (Å²) in [6, 6.07) is 2.17. The number of halogens is 5. The van der Waals surface area contributed by atoms with Crippen LogP contribution in [0, 0.1) is 23.5 Å². The second kappa shape index (κ2) is 9.23. The third-order valence-electron chi connectivity index (χ3n) is 4.34. The van der Waals surface area contributed by atoms with Gasteiger partial charge in [-0.15, -0.1) is 0 Å². The van der Waals surface area contributed by atoms with Crippen molar-refractivity contribution in [2.45, 2.75) is 59.2 Å². The fraction of sp³-hybridized carbons (Fsp3) is 0.667. The quantitative estimate of drug-likeness (QED) is 0.361. The SMILES string of the molecule is CCCC(CC)CCC(C)CN(c1ccc(F)cc1F)C(F)(F)F. The molecule has 0 N–H and O–H groups in total. The standard InChI is InChI=1S/C18H26F5N/c1-4-6-14(5-2)8-7-13(3)12-24(18(21,22)23)17-10-9-15(19)11-16(17)20/h9-11,13-14H,4-8,12H2,1-3H3. The Kier molecular flexibility index (Phi) is 7.97. The second-order valence-electron chi connectivity index (χ2n) is 6.42. The molecule has 0 spiro atoms. The Morgan fingerprint density at radius 3 is 2.21 bits per heavy atom. The van der Waals surface area contributed by atoms with Crippen LogP contribution in [0.4, 0.5) is 27.6 Å². The summed E-state index contributed by atoms with van der Waals surface area (Å²) in [6.07, 6.45) is -0.0607. The predicted molar refractivity (Wildman–Crippen MR) is 86.8 cm³/mol. The van der Waals surface area contributed by atoms with E-state index in [9.17, 15) is 22.0 Å². The van der Waals surface area contributed by atoms with Crippen LogP contribution in [0.15, 0.2) is 18.2 Å². The van der Waals surface area contributed by atoms with E-state index in [1.807, 2.05) is 0 Å². The molecule has 1 aromatic rings. The molecule has 0 aliphatic heterocycles. The molecule has 0 radical (unpaired) electrons. The van der Waals surface area contributed by atoms with Crippen molar-refractivity contribution in [1.82, 2.24) is 0 Å². The summed E-state index contributed by atoms with van der Waals surface area (Å²) in [6.45, 7) is 5.57. The topological polar surface area (TPSA) is 3.24 Å². The third-order valence-corrected chi connectivity index (χ3v) is 4.34. The fourth-order valence-corrected chi connectivity index (χ4v) is 2.92. The molecule has 2 atom stereocenters. The van der Waals surface area contributed by atoms with Gasteiger partial charge in [-0.25, -0.2) is 8.78 Å². The fourth-order valence-electron chi connectivity index (χ4n) is 2.92. The molecule has 0 aliphatic carbocycles. The highest BCUT2D eigenvalue weighted by Gasteiger charge is 2.39. The summed E-state index contributed by atoms with van der Waals surface area (Å²) < 4.78 is 66.6. The summed E-state index contributed by atoms with van der Waals surface area (Å²) in [5, 5.41) is 0. The van der Waals surface area contributed by atoms with E-state index in [-0.39, 0.29) is 17.4 Å². The number of hydrogen-bond acceptors (Lipinski definition) is 1. The Morgan fingerprint density at radius 1 is 1.04 bits per heavy atom. The lowest BCUT2D eigenvalue weighted by molar-refractivity contribution is -0.131. The zero-order valence-electron chi connectivity index (χ0n) is 14.5. The minimum atomic E-state index is -4.71. The number of rotatable bonds is 9. The summed E-state index contributed by atoms with van der Waals surface area (Å²) in [7, 11) is 0. The van der Waals surface area contributed by atoms with Gasteiger partial charge in [-0.1, -0.05) is 46.5 Å². The van der Waals surface area contributed by atoms with Crippen LogP contribution >= 0.6 is 0 Å². The van der Waals surface area contributed by atoms with E-state index in [1.165, 1.54) is 0 Å². The first-order chi connectivity index (χ1) is 11.2. The van der Waals surface area contributed by atoms with Gasteiger partial charge in [0, 0.05) is 12.6 Å². The monoisotopic (exact) mass is 351 g/mol. The molecule has 0 bridgehead atoms. The van der Waals surface area contributed by atoms with Crippen molar-refractivity contribution in [2.75, 3.05) is 11.4 Å². The van der Waals surface area contributed by atoms with Crippen molar-refractivity contribution in [3.8, 4) is 0 Å². The van der Waals surface area contributed by atoms with Crippen LogP contribution in [0.2, 0.25) is 0 Å². The van der Waals surface area contributed by atoms with Gasteiger partial charge in [0.05, 0.1) is 5.69 Å². The Labute approximate surface area is 140 Å². The smallest absolute Gasteiger partial charge is 0.281 e. The molecular weight excluding hydrogens is 325 g/mol. The van der Waals surface area contributed by atoms with Crippen molar-refractivity contribution in [3.63, 3.8) is 0 Å². The Balaban J connectivity index is 2.80. The van der Waals surface area contributed by atoms with E-state index in [0.717, 1.165) is 37.8 Å². The number of nitrogens with zero attached hydrogens (tertiary/aromatic N) is 1. The molecule has 138 valence electrons. The molecule has 1 nitrogen and oxygen atoms in total. The first-order valence-corrected chi connectivity index (χ1v) is 8.48. The van der Waals surface area contributed by atoms with Gasteiger partial charge in [-0.2, -0.15) is 13.2 Å². The van der Waals surface area contributed by atoms with E-state index in [4.69, 9.17) is 0 Å². The lowest BCUT2D eigenvalue weighted by Gasteiger charge is -2.30. The van der Waals surface area contributed by atoms with Gasteiger partial charge in [0.15, 0.2) is 0 Å². The summed E-state index contributed by atoms with van der Waals surface area (Å²) >= 11 is 0. The predicted octanol–water partition coefficient (Wildman–Crippen LogP) is 6.53. The first-order valence-electron chi connectivity index (χ1n) is 8.48. The van der Waals surface area contributed by atoms with Crippen molar-refractivity contribution in [3.05, 3.63) is 29.8 Å². The number of hydrogen-bond donors (Lipinski definition) is 0. The van der Waals surface area contributed by atoms with Gasteiger partial charge in [0.1, 0.15) is 11.6 Å². The molecule has 0 heterocycles. The van der Waals surface area contributed by atoms with Crippen LogP contribution in [0.25, 0.3) is 0 Å². The normalized spacial score (nSPS) is 14.5. The Hall–Kier alpha value is -1.33. The molecule has 1 aromatic carbocycles. The average molecular weight is 351 g/mol. The number of anilines is 1. The molecule has 6 heteroatoms. The Bertz CT molecular complexity index is 501. The van der Waals surface area contributed by atoms with Gasteiger partial charge < -0.3 is 0 Å². The van der Waals surface area contributed by atoms with Crippen molar-refractivity contribution in [2.24, 2.45) is 11.8 Å². The van der Waals surface area contributed by atoms with Crippen LogP contribution < -0.4 is 4.90 Å². The minimum absolute atomic E-state index is 0.0766. The Morgan fingerprint density at radius 2 is 1.71 bits per heavy atom. The van der Waals surface area contributed by atoms with Gasteiger partial charge >= 0.3 is 6.30 Å². The summed E-state index contributed by atoms with van der Waals surface area (Å²) in [5.74, 6) is -1.82. The van der Waals surface area contributed by atoms with E-state index >= 15 is 0 Å². The van der Waals surface area contributed by atoms with Gasteiger partial charge in [0.25, 0.3) is 0 Å². The highest BCUT2D eigenvalue weighted by atomic mass is 19.4. The third kappa shape index (κ3) is 6.29. The molecule has 1 rings (SSSR count). The molecule has 24 heavy (non-hydrogen) atoms. The van der Waals surface area contributed by atoms with Crippen LogP contribution in [0.1, 0.15) is 52.9 Å². The van der Waals surface area contributed by atoms with Gasteiger partial charge in [-0.3, -0.25) is 4.90 Å². The van der Waals surface area contributed by atoms with E-state index in [0.29, 0.717) is 18.4 Å². The second-order valence-corrected chi connectivity index (χ2v) is 6.42. The maximum absolute atomic E-state index is 13.8. The highest BCUT2D eigenvalue weighted by molar-refractivity contribution is 5.48. The highest BCUT2D eigenvalue weighted by Crippen LogP contribution is 2.32. The van der Waals surface area contributed by atoms with E-state index in [2.05, 4.69) is 13.8 Å². The van der Waals surface area contributed by atoms with Crippen LogP contribution in [0.5, 0.6) is 0 Å². The van der Waals surface area contributed by atoms with Crippen LogP contribution in [-0.2, 0) is 0 Å². The van der Waals surface area contributed by atoms with Crippen molar-refractivity contribution in [1.29, 1.82) is 0 Å². The zero-order chi connectivity index (χ0) is 18.3. The van der Waals surface area contributed by atoms with Gasteiger partial charge in [0.2, 0.25) is 0 Å². The van der Waals surface area contributed by atoms with Crippen LogP contribution in [-0.4, -0.2) is 12.8 Å². The molecule has 0 aromatic heterocycles. The molecule has 2 unspecified atom stereocenters.